The molecule has 0 saturated carbocycles. The summed E-state index contributed by atoms with van der Waals surface area (Å²) >= 11 is 1.69. The minimum atomic E-state index is -0.130. The van der Waals surface area contributed by atoms with Crippen LogP contribution in [0, 0.1) is 6.92 Å². The van der Waals surface area contributed by atoms with Crippen LogP contribution in [0.1, 0.15) is 40.6 Å². The zero-order valence-corrected chi connectivity index (χ0v) is 18.0. The highest BCUT2D eigenvalue weighted by Gasteiger charge is 2.18. The smallest absolute Gasteiger partial charge is 0.234 e. The highest BCUT2D eigenvalue weighted by molar-refractivity contribution is 7.10. The van der Waals surface area contributed by atoms with Crippen molar-refractivity contribution in [1.29, 1.82) is 0 Å². The van der Waals surface area contributed by atoms with Crippen LogP contribution in [0.5, 0.6) is 11.5 Å². The molecule has 1 aliphatic heterocycles. The Morgan fingerprint density at radius 1 is 1.03 bits per heavy atom. The van der Waals surface area contributed by atoms with E-state index in [1.54, 1.807) is 11.3 Å². The molecule has 0 unspecified atom stereocenters. The average Bonchev–Trinajstić information content (AvgIpc) is 3.29. The lowest BCUT2D eigenvalue weighted by Gasteiger charge is -2.22. The van der Waals surface area contributed by atoms with E-state index in [9.17, 15) is 4.79 Å². The van der Waals surface area contributed by atoms with Gasteiger partial charge in [0.15, 0.2) is 11.5 Å². The molecule has 0 spiro atoms. The summed E-state index contributed by atoms with van der Waals surface area (Å²) in [5, 5.41) is 8.55. The van der Waals surface area contributed by atoms with E-state index in [1.807, 2.05) is 31.2 Å². The minimum Gasteiger partial charge on any atom is -0.486 e. The van der Waals surface area contributed by atoms with Crippen LogP contribution in [0.2, 0.25) is 0 Å². The van der Waals surface area contributed by atoms with Gasteiger partial charge in [-0.3, -0.25) is 10.1 Å². The molecular formula is C24H26N2O3S. The second kappa shape index (κ2) is 9.32. The SMILES string of the molecule is Cc1ccc([C@@H](NCC(=O)N[C@@H](C)c2ccc3c(c2)OCCO3)c2cccs2)cc1. The van der Waals surface area contributed by atoms with Crippen LogP contribution >= 0.6 is 11.3 Å². The van der Waals surface area contributed by atoms with Gasteiger partial charge in [0, 0.05) is 4.88 Å². The molecule has 2 aromatic carbocycles. The first-order valence-electron chi connectivity index (χ1n) is 10.1. The summed E-state index contributed by atoms with van der Waals surface area (Å²) in [5.41, 5.74) is 3.35. The summed E-state index contributed by atoms with van der Waals surface area (Å²) in [6.45, 7) is 5.39. The number of carbonyl (C=O) groups excluding carboxylic acids is 1. The molecule has 0 saturated heterocycles. The largest absolute Gasteiger partial charge is 0.486 e. The van der Waals surface area contributed by atoms with Crippen LogP contribution in [-0.2, 0) is 4.79 Å². The predicted octanol–water partition coefficient (Wildman–Crippen LogP) is 4.38. The maximum absolute atomic E-state index is 12.6. The van der Waals surface area contributed by atoms with Crippen molar-refractivity contribution in [2.24, 2.45) is 0 Å². The molecule has 2 heterocycles. The maximum Gasteiger partial charge on any atom is 0.234 e. The first kappa shape index (κ1) is 20.4. The Balaban J connectivity index is 1.39. The van der Waals surface area contributed by atoms with Gasteiger partial charge in [0.2, 0.25) is 5.91 Å². The van der Waals surface area contributed by atoms with Gasteiger partial charge in [-0.2, -0.15) is 0 Å². The second-order valence-corrected chi connectivity index (χ2v) is 8.41. The van der Waals surface area contributed by atoms with E-state index in [4.69, 9.17) is 9.47 Å². The molecule has 0 aliphatic carbocycles. The van der Waals surface area contributed by atoms with Crippen molar-refractivity contribution in [3.8, 4) is 11.5 Å². The van der Waals surface area contributed by atoms with E-state index in [2.05, 4.69) is 53.3 Å². The zero-order chi connectivity index (χ0) is 20.9. The Hall–Kier alpha value is -2.83. The van der Waals surface area contributed by atoms with Gasteiger partial charge in [-0.25, -0.2) is 0 Å². The monoisotopic (exact) mass is 422 g/mol. The van der Waals surface area contributed by atoms with E-state index < -0.39 is 0 Å². The fraction of sp³-hybridized carbons (Fsp3) is 0.292. The van der Waals surface area contributed by atoms with Crippen molar-refractivity contribution in [1.82, 2.24) is 10.6 Å². The topological polar surface area (TPSA) is 59.6 Å². The van der Waals surface area contributed by atoms with Crippen molar-refractivity contribution in [2.75, 3.05) is 19.8 Å². The highest BCUT2D eigenvalue weighted by atomic mass is 32.1. The summed E-state index contributed by atoms with van der Waals surface area (Å²) in [6, 6.07) is 18.2. The first-order chi connectivity index (χ1) is 14.6. The third kappa shape index (κ3) is 4.83. The Labute approximate surface area is 181 Å². The number of thiophene rings is 1. The molecule has 6 heteroatoms. The first-order valence-corrected chi connectivity index (χ1v) is 11.0. The number of nitrogens with one attached hydrogen (secondary N) is 2. The Morgan fingerprint density at radius 3 is 2.50 bits per heavy atom. The predicted molar refractivity (Wildman–Crippen MR) is 119 cm³/mol. The Kier molecular flexibility index (Phi) is 6.35. The fourth-order valence-corrected chi connectivity index (χ4v) is 4.32. The molecule has 2 atom stereocenters. The number of benzene rings is 2. The number of aryl methyl sites for hydroxylation is 1. The Morgan fingerprint density at radius 2 is 1.77 bits per heavy atom. The normalized spacial score (nSPS) is 14.7. The van der Waals surface area contributed by atoms with Crippen molar-refractivity contribution in [3.63, 3.8) is 0 Å². The van der Waals surface area contributed by atoms with Crippen LogP contribution in [0.4, 0.5) is 0 Å². The van der Waals surface area contributed by atoms with Gasteiger partial charge in [0.1, 0.15) is 13.2 Å². The molecule has 156 valence electrons. The van der Waals surface area contributed by atoms with Crippen LogP contribution in [0.25, 0.3) is 0 Å². The van der Waals surface area contributed by atoms with Gasteiger partial charge in [-0.1, -0.05) is 42.0 Å². The number of carbonyl (C=O) groups is 1. The molecule has 0 fully saturated rings. The molecule has 1 amide bonds. The highest BCUT2D eigenvalue weighted by Crippen LogP contribution is 2.32. The maximum atomic E-state index is 12.6. The zero-order valence-electron chi connectivity index (χ0n) is 17.2. The van der Waals surface area contributed by atoms with Crippen LogP contribution in [0.15, 0.2) is 60.0 Å². The average molecular weight is 423 g/mol. The molecule has 1 aliphatic rings. The molecule has 30 heavy (non-hydrogen) atoms. The number of hydrogen-bond acceptors (Lipinski definition) is 5. The summed E-state index contributed by atoms with van der Waals surface area (Å²) in [4.78, 5) is 13.8. The third-order valence-corrected chi connectivity index (χ3v) is 6.09. The molecular weight excluding hydrogens is 396 g/mol. The van der Waals surface area contributed by atoms with Crippen LogP contribution < -0.4 is 20.1 Å². The second-order valence-electron chi connectivity index (χ2n) is 7.43. The number of fused-ring (bicyclic) bond motifs is 1. The number of amides is 1. The van der Waals surface area contributed by atoms with Gasteiger partial charge in [0.05, 0.1) is 18.6 Å². The summed E-state index contributed by atoms with van der Waals surface area (Å²) in [7, 11) is 0. The van der Waals surface area contributed by atoms with Crippen molar-refractivity contribution < 1.29 is 14.3 Å². The molecule has 2 N–H and O–H groups in total. The van der Waals surface area contributed by atoms with Gasteiger partial charge in [-0.05, 0) is 48.6 Å². The quantitative estimate of drug-likeness (QED) is 0.593. The van der Waals surface area contributed by atoms with E-state index in [0.717, 1.165) is 22.6 Å². The summed E-state index contributed by atoms with van der Waals surface area (Å²) < 4.78 is 11.2. The lowest BCUT2D eigenvalue weighted by Crippen LogP contribution is -2.37. The lowest BCUT2D eigenvalue weighted by atomic mass is 10.0. The van der Waals surface area contributed by atoms with E-state index >= 15 is 0 Å². The molecule has 1 aromatic heterocycles. The molecule has 5 nitrogen and oxygen atoms in total. The summed E-state index contributed by atoms with van der Waals surface area (Å²) in [5.74, 6) is 1.43. The molecule has 4 rings (SSSR count). The summed E-state index contributed by atoms with van der Waals surface area (Å²) in [6.07, 6.45) is 0. The number of rotatable bonds is 7. The lowest BCUT2D eigenvalue weighted by molar-refractivity contribution is -0.121. The van der Waals surface area contributed by atoms with Crippen LogP contribution in [-0.4, -0.2) is 25.7 Å². The minimum absolute atomic E-state index is 0.0130. The number of hydrogen-bond donors (Lipinski definition) is 2. The molecule has 0 bridgehead atoms. The molecule has 0 radical (unpaired) electrons. The third-order valence-electron chi connectivity index (χ3n) is 5.15. The van der Waals surface area contributed by atoms with Gasteiger partial charge in [0.25, 0.3) is 0 Å². The van der Waals surface area contributed by atoms with Crippen LogP contribution in [0.3, 0.4) is 0 Å². The Bertz CT molecular complexity index is 986. The van der Waals surface area contributed by atoms with Gasteiger partial charge in [-0.15, -0.1) is 11.3 Å². The molecule has 3 aromatic rings. The van der Waals surface area contributed by atoms with Crippen molar-refractivity contribution in [3.05, 3.63) is 81.5 Å². The number of ether oxygens (including phenoxy) is 2. The van der Waals surface area contributed by atoms with E-state index in [-0.39, 0.29) is 24.5 Å². The van der Waals surface area contributed by atoms with E-state index in [1.165, 1.54) is 10.4 Å². The van der Waals surface area contributed by atoms with Gasteiger partial charge >= 0.3 is 0 Å². The van der Waals surface area contributed by atoms with Crippen molar-refractivity contribution in [2.45, 2.75) is 25.9 Å². The standard InChI is InChI=1S/C24H26N2O3S/c1-16-5-7-18(8-6-16)24(22-4-3-13-30-22)25-15-23(27)26-17(2)19-9-10-20-21(14-19)29-12-11-28-20/h3-10,13-14,17,24-25H,11-12,15H2,1-2H3,(H,26,27)/t17-,24+/m0/s1. The van der Waals surface area contributed by atoms with Crippen molar-refractivity contribution >= 4 is 17.2 Å². The van der Waals surface area contributed by atoms with Gasteiger partial charge < -0.3 is 14.8 Å². The van der Waals surface area contributed by atoms with E-state index in [0.29, 0.717) is 13.2 Å². The fourth-order valence-electron chi connectivity index (χ4n) is 3.50.